The number of hydrogen-bond donors (Lipinski definition) is 2. The molecule has 1 unspecified atom stereocenters. The SMILES string of the molecule is CNC(C)c1cccc(NC(=O)N2CCCCCC2)c1. The first kappa shape index (κ1) is 14.9. The van der Waals surface area contributed by atoms with E-state index in [4.69, 9.17) is 0 Å². The van der Waals surface area contributed by atoms with E-state index in [9.17, 15) is 4.79 Å². The van der Waals surface area contributed by atoms with Gasteiger partial charge < -0.3 is 15.5 Å². The van der Waals surface area contributed by atoms with Crippen molar-refractivity contribution in [3.05, 3.63) is 29.8 Å². The fourth-order valence-corrected chi connectivity index (χ4v) is 2.53. The maximum absolute atomic E-state index is 12.3. The van der Waals surface area contributed by atoms with E-state index in [1.807, 2.05) is 30.1 Å². The van der Waals surface area contributed by atoms with Gasteiger partial charge in [0.15, 0.2) is 0 Å². The van der Waals surface area contributed by atoms with Gasteiger partial charge in [-0.15, -0.1) is 0 Å². The molecular weight excluding hydrogens is 250 g/mol. The van der Waals surface area contributed by atoms with E-state index >= 15 is 0 Å². The van der Waals surface area contributed by atoms with Crippen LogP contribution in [-0.4, -0.2) is 31.1 Å². The third kappa shape index (κ3) is 3.97. The molecule has 1 aromatic carbocycles. The van der Waals surface area contributed by atoms with Gasteiger partial charge in [0.05, 0.1) is 0 Å². The number of carbonyl (C=O) groups excluding carboxylic acids is 1. The normalized spacial score (nSPS) is 17.4. The van der Waals surface area contributed by atoms with E-state index in [2.05, 4.69) is 23.6 Å². The van der Waals surface area contributed by atoms with Crippen LogP contribution >= 0.6 is 0 Å². The highest BCUT2D eigenvalue weighted by molar-refractivity contribution is 5.89. The first-order chi connectivity index (χ1) is 9.70. The van der Waals surface area contributed by atoms with E-state index in [-0.39, 0.29) is 12.1 Å². The van der Waals surface area contributed by atoms with Crippen LogP contribution in [0, 0.1) is 0 Å². The fourth-order valence-electron chi connectivity index (χ4n) is 2.53. The summed E-state index contributed by atoms with van der Waals surface area (Å²) in [7, 11) is 1.94. The number of benzene rings is 1. The Kier molecular flexibility index (Phi) is 5.41. The molecule has 1 heterocycles. The second kappa shape index (κ2) is 7.29. The van der Waals surface area contributed by atoms with Crippen LogP contribution in [0.5, 0.6) is 0 Å². The number of rotatable bonds is 3. The first-order valence-corrected chi connectivity index (χ1v) is 7.54. The summed E-state index contributed by atoms with van der Waals surface area (Å²) in [5, 5.41) is 6.23. The molecule has 20 heavy (non-hydrogen) atoms. The summed E-state index contributed by atoms with van der Waals surface area (Å²) in [6.07, 6.45) is 4.70. The van der Waals surface area contributed by atoms with Gasteiger partial charge in [0.1, 0.15) is 0 Å². The average Bonchev–Trinajstić information content (AvgIpc) is 2.76. The minimum absolute atomic E-state index is 0.0289. The molecule has 0 spiro atoms. The molecule has 1 aromatic rings. The number of anilines is 1. The molecule has 1 fully saturated rings. The Balaban J connectivity index is 1.99. The molecule has 0 bridgehead atoms. The number of amides is 2. The van der Waals surface area contributed by atoms with Gasteiger partial charge in [-0.2, -0.15) is 0 Å². The molecule has 2 N–H and O–H groups in total. The lowest BCUT2D eigenvalue weighted by Gasteiger charge is -2.21. The van der Waals surface area contributed by atoms with Gasteiger partial charge in [0.2, 0.25) is 0 Å². The topological polar surface area (TPSA) is 44.4 Å². The van der Waals surface area contributed by atoms with Gasteiger partial charge in [-0.1, -0.05) is 25.0 Å². The molecule has 2 rings (SSSR count). The summed E-state index contributed by atoms with van der Waals surface area (Å²) in [5.74, 6) is 0. The van der Waals surface area contributed by atoms with Crippen LogP contribution in [0.25, 0.3) is 0 Å². The number of carbonyl (C=O) groups is 1. The van der Waals surface area contributed by atoms with Crippen molar-refractivity contribution < 1.29 is 4.79 Å². The van der Waals surface area contributed by atoms with Gasteiger partial charge in [-0.25, -0.2) is 4.79 Å². The first-order valence-electron chi connectivity index (χ1n) is 7.54. The predicted molar refractivity (Wildman–Crippen MR) is 83.0 cm³/mol. The zero-order valence-corrected chi connectivity index (χ0v) is 12.5. The van der Waals surface area contributed by atoms with Crippen molar-refractivity contribution in [1.29, 1.82) is 0 Å². The van der Waals surface area contributed by atoms with E-state index in [0.29, 0.717) is 0 Å². The van der Waals surface area contributed by atoms with Crippen LogP contribution < -0.4 is 10.6 Å². The second-order valence-corrected chi connectivity index (χ2v) is 5.47. The third-order valence-electron chi connectivity index (χ3n) is 3.96. The van der Waals surface area contributed by atoms with Gasteiger partial charge in [-0.3, -0.25) is 0 Å². The number of nitrogens with one attached hydrogen (secondary N) is 2. The molecule has 0 radical (unpaired) electrons. The minimum atomic E-state index is 0.0289. The smallest absolute Gasteiger partial charge is 0.321 e. The minimum Gasteiger partial charge on any atom is -0.325 e. The molecule has 1 aliphatic heterocycles. The monoisotopic (exact) mass is 275 g/mol. The van der Waals surface area contributed by atoms with Crippen molar-refractivity contribution in [3.63, 3.8) is 0 Å². The number of urea groups is 1. The van der Waals surface area contributed by atoms with Crippen LogP contribution in [0.15, 0.2) is 24.3 Å². The lowest BCUT2D eigenvalue weighted by Crippen LogP contribution is -2.35. The Bertz CT molecular complexity index is 439. The highest BCUT2D eigenvalue weighted by atomic mass is 16.2. The average molecular weight is 275 g/mol. The molecule has 1 saturated heterocycles. The van der Waals surface area contributed by atoms with Gasteiger partial charge in [0.25, 0.3) is 0 Å². The summed E-state index contributed by atoms with van der Waals surface area (Å²) in [6.45, 7) is 3.85. The Morgan fingerprint density at radius 2 is 1.90 bits per heavy atom. The second-order valence-electron chi connectivity index (χ2n) is 5.47. The maximum Gasteiger partial charge on any atom is 0.321 e. The number of hydrogen-bond acceptors (Lipinski definition) is 2. The molecule has 4 heteroatoms. The molecular formula is C16H25N3O. The van der Waals surface area contributed by atoms with Crippen LogP contribution in [0.2, 0.25) is 0 Å². The quantitative estimate of drug-likeness (QED) is 0.888. The van der Waals surface area contributed by atoms with Crippen molar-refractivity contribution in [2.75, 3.05) is 25.5 Å². The van der Waals surface area contributed by atoms with Crippen molar-refractivity contribution in [1.82, 2.24) is 10.2 Å². The zero-order valence-electron chi connectivity index (χ0n) is 12.5. The lowest BCUT2D eigenvalue weighted by atomic mass is 10.1. The summed E-state index contributed by atoms with van der Waals surface area (Å²) in [4.78, 5) is 14.2. The summed E-state index contributed by atoms with van der Waals surface area (Å²) < 4.78 is 0. The highest BCUT2D eigenvalue weighted by Gasteiger charge is 2.15. The van der Waals surface area contributed by atoms with E-state index in [1.165, 1.54) is 18.4 Å². The molecule has 0 aromatic heterocycles. The van der Waals surface area contributed by atoms with Gasteiger partial charge in [0, 0.05) is 24.8 Å². The predicted octanol–water partition coefficient (Wildman–Crippen LogP) is 3.37. The van der Waals surface area contributed by atoms with Gasteiger partial charge in [-0.05, 0) is 44.5 Å². The molecule has 1 aliphatic rings. The molecule has 4 nitrogen and oxygen atoms in total. The molecule has 110 valence electrons. The van der Waals surface area contributed by atoms with Crippen molar-refractivity contribution in [2.24, 2.45) is 0 Å². The Morgan fingerprint density at radius 1 is 1.20 bits per heavy atom. The number of nitrogens with zero attached hydrogens (tertiary/aromatic N) is 1. The highest BCUT2D eigenvalue weighted by Crippen LogP contribution is 2.18. The largest absolute Gasteiger partial charge is 0.325 e. The van der Waals surface area contributed by atoms with E-state index in [0.717, 1.165) is 31.6 Å². The lowest BCUT2D eigenvalue weighted by molar-refractivity contribution is 0.214. The van der Waals surface area contributed by atoms with Gasteiger partial charge >= 0.3 is 6.03 Å². The van der Waals surface area contributed by atoms with Crippen LogP contribution in [0.4, 0.5) is 10.5 Å². The van der Waals surface area contributed by atoms with Crippen LogP contribution in [0.1, 0.15) is 44.2 Å². The van der Waals surface area contributed by atoms with Crippen molar-refractivity contribution >= 4 is 11.7 Å². The standard InChI is InChI=1S/C16H25N3O/c1-13(17-2)14-8-7-9-15(12-14)18-16(20)19-10-5-3-4-6-11-19/h7-9,12-13,17H,3-6,10-11H2,1-2H3,(H,18,20). The van der Waals surface area contributed by atoms with Crippen molar-refractivity contribution in [3.8, 4) is 0 Å². The maximum atomic E-state index is 12.3. The fraction of sp³-hybridized carbons (Fsp3) is 0.562. The van der Waals surface area contributed by atoms with E-state index in [1.54, 1.807) is 0 Å². The van der Waals surface area contributed by atoms with E-state index < -0.39 is 0 Å². The number of likely N-dealkylation sites (tertiary alicyclic amines) is 1. The summed E-state index contributed by atoms with van der Waals surface area (Å²) >= 11 is 0. The third-order valence-corrected chi connectivity index (χ3v) is 3.96. The molecule has 2 amide bonds. The summed E-state index contributed by atoms with van der Waals surface area (Å²) in [6, 6.07) is 8.36. The summed E-state index contributed by atoms with van der Waals surface area (Å²) in [5.41, 5.74) is 2.06. The molecule has 0 saturated carbocycles. The molecule has 0 aliphatic carbocycles. The van der Waals surface area contributed by atoms with Crippen molar-refractivity contribution in [2.45, 2.75) is 38.6 Å². The Labute approximate surface area is 121 Å². The Hall–Kier alpha value is -1.55. The zero-order chi connectivity index (χ0) is 14.4. The molecule has 1 atom stereocenters. The van der Waals surface area contributed by atoms with Crippen LogP contribution in [0.3, 0.4) is 0 Å². The van der Waals surface area contributed by atoms with Crippen LogP contribution in [-0.2, 0) is 0 Å². The Morgan fingerprint density at radius 3 is 2.55 bits per heavy atom.